The van der Waals surface area contributed by atoms with Crippen molar-refractivity contribution in [2.45, 2.75) is 39.8 Å². The molecule has 0 fully saturated rings. The summed E-state index contributed by atoms with van der Waals surface area (Å²) in [5.74, 6) is 0.796. The average molecular weight is 322 g/mol. The molecule has 0 spiro atoms. The van der Waals surface area contributed by atoms with Crippen LogP contribution < -0.4 is 0 Å². The molecule has 2 aromatic rings. The van der Waals surface area contributed by atoms with Gasteiger partial charge in [0.2, 0.25) is 18.0 Å². The van der Waals surface area contributed by atoms with Gasteiger partial charge in [-0.15, -0.1) is 5.10 Å². The number of hydrogen-bond donors (Lipinski definition) is 0. The van der Waals surface area contributed by atoms with Crippen LogP contribution in [0.1, 0.15) is 55.2 Å². The zero-order valence-electron chi connectivity index (χ0n) is 14.5. The van der Waals surface area contributed by atoms with Crippen molar-refractivity contribution in [3.63, 3.8) is 0 Å². The highest BCUT2D eigenvalue weighted by atomic mass is 16.5. The second-order valence-corrected chi connectivity index (χ2v) is 6.43. The number of carbonyl (C=O) groups is 1. The van der Waals surface area contributed by atoms with Gasteiger partial charge in [0.05, 0.1) is 0 Å². The normalized spacial score (nSPS) is 17.0. The molecular formula is C20H22N2O2. The molecule has 1 atom stereocenters. The summed E-state index contributed by atoms with van der Waals surface area (Å²) < 4.78 is 6.00. The van der Waals surface area contributed by atoms with E-state index in [1.165, 1.54) is 23.1 Å². The van der Waals surface area contributed by atoms with Crippen molar-refractivity contribution >= 4 is 11.8 Å². The Morgan fingerprint density at radius 2 is 1.71 bits per heavy atom. The molecule has 0 N–H and O–H groups in total. The number of hydrogen-bond acceptors (Lipinski definition) is 3. The topological polar surface area (TPSA) is 41.9 Å². The lowest BCUT2D eigenvalue weighted by atomic mass is 10.0. The third-order valence-electron chi connectivity index (χ3n) is 4.15. The van der Waals surface area contributed by atoms with Crippen molar-refractivity contribution in [3.8, 4) is 0 Å². The van der Waals surface area contributed by atoms with Crippen LogP contribution >= 0.6 is 0 Å². The molecule has 24 heavy (non-hydrogen) atoms. The van der Waals surface area contributed by atoms with Gasteiger partial charge in [0, 0.05) is 18.1 Å². The highest BCUT2D eigenvalue weighted by Crippen LogP contribution is 2.31. The van der Waals surface area contributed by atoms with Gasteiger partial charge >= 0.3 is 0 Å². The largest absolute Gasteiger partial charge is 0.446 e. The maximum Gasteiger partial charge on any atom is 0.243 e. The number of aryl methyl sites for hydroxylation is 1. The molecule has 0 bridgehead atoms. The summed E-state index contributed by atoms with van der Waals surface area (Å²) in [7, 11) is 0. The standard InChI is InChI=1S/C20H22N2O2/c1-13(2)16-9-11-18(12-10-16)20-22(15(4)23)21-19(24-20)17-7-5-14(3)6-8-17/h5-13,20H,1-4H3/t20-/m0/s1. The van der Waals surface area contributed by atoms with Gasteiger partial charge < -0.3 is 4.74 Å². The van der Waals surface area contributed by atoms with Crippen LogP contribution in [-0.4, -0.2) is 16.8 Å². The predicted molar refractivity (Wildman–Crippen MR) is 94.6 cm³/mol. The van der Waals surface area contributed by atoms with Crippen molar-refractivity contribution in [1.82, 2.24) is 5.01 Å². The highest BCUT2D eigenvalue weighted by Gasteiger charge is 2.32. The fourth-order valence-corrected chi connectivity index (χ4v) is 2.64. The molecule has 0 radical (unpaired) electrons. The van der Waals surface area contributed by atoms with Crippen LogP contribution in [0.3, 0.4) is 0 Å². The van der Waals surface area contributed by atoms with E-state index in [2.05, 4.69) is 31.1 Å². The van der Waals surface area contributed by atoms with Crippen molar-refractivity contribution in [1.29, 1.82) is 0 Å². The number of rotatable bonds is 3. The molecule has 124 valence electrons. The molecular weight excluding hydrogens is 300 g/mol. The van der Waals surface area contributed by atoms with Crippen LogP contribution in [0.2, 0.25) is 0 Å². The van der Waals surface area contributed by atoms with Crippen LogP contribution in [0.15, 0.2) is 53.6 Å². The zero-order valence-corrected chi connectivity index (χ0v) is 14.5. The van der Waals surface area contributed by atoms with Crippen molar-refractivity contribution in [2.24, 2.45) is 5.10 Å². The molecule has 3 rings (SSSR count). The van der Waals surface area contributed by atoms with Crippen LogP contribution in [0.25, 0.3) is 0 Å². The summed E-state index contributed by atoms with van der Waals surface area (Å²) in [6.07, 6.45) is -0.514. The lowest BCUT2D eigenvalue weighted by molar-refractivity contribution is -0.135. The lowest BCUT2D eigenvalue weighted by Gasteiger charge is -2.19. The number of ether oxygens (including phenoxy) is 1. The molecule has 0 saturated heterocycles. The number of benzene rings is 2. The van der Waals surface area contributed by atoms with Gasteiger partial charge in [-0.3, -0.25) is 4.79 Å². The molecule has 1 heterocycles. The van der Waals surface area contributed by atoms with Gasteiger partial charge in [-0.25, -0.2) is 0 Å². The Kier molecular flexibility index (Phi) is 4.38. The predicted octanol–water partition coefficient (Wildman–Crippen LogP) is 4.36. The van der Waals surface area contributed by atoms with Crippen LogP contribution in [0.5, 0.6) is 0 Å². The van der Waals surface area contributed by atoms with E-state index in [1.54, 1.807) is 0 Å². The van der Waals surface area contributed by atoms with E-state index < -0.39 is 6.23 Å². The molecule has 0 unspecified atom stereocenters. The Hall–Kier alpha value is -2.62. The van der Waals surface area contributed by atoms with E-state index in [9.17, 15) is 4.79 Å². The Morgan fingerprint density at radius 1 is 1.08 bits per heavy atom. The second-order valence-electron chi connectivity index (χ2n) is 6.43. The number of nitrogens with zero attached hydrogens (tertiary/aromatic N) is 2. The fourth-order valence-electron chi connectivity index (χ4n) is 2.64. The van der Waals surface area contributed by atoms with E-state index in [0.717, 1.165) is 11.1 Å². The molecule has 0 saturated carbocycles. The zero-order chi connectivity index (χ0) is 17.3. The summed E-state index contributed by atoms with van der Waals surface area (Å²) in [6.45, 7) is 7.84. The van der Waals surface area contributed by atoms with E-state index in [0.29, 0.717) is 11.8 Å². The maximum absolute atomic E-state index is 12.0. The number of amides is 1. The molecule has 1 amide bonds. The van der Waals surface area contributed by atoms with Gasteiger partial charge in [0.25, 0.3) is 0 Å². The fraction of sp³-hybridized carbons (Fsp3) is 0.300. The molecule has 4 heteroatoms. The van der Waals surface area contributed by atoms with E-state index in [-0.39, 0.29) is 5.91 Å². The molecule has 0 aliphatic carbocycles. The van der Waals surface area contributed by atoms with E-state index in [1.807, 2.05) is 43.3 Å². The first kappa shape index (κ1) is 16.2. The van der Waals surface area contributed by atoms with Crippen LogP contribution in [-0.2, 0) is 9.53 Å². The summed E-state index contributed by atoms with van der Waals surface area (Å²) in [6, 6.07) is 16.1. The lowest BCUT2D eigenvalue weighted by Crippen LogP contribution is -2.25. The van der Waals surface area contributed by atoms with Gasteiger partial charge in [-0.05, 0) is 30.5 Å². The van der Waals surface area contributed by atoms with Crippen LogP contribution in [0, 0.1) is 6.92 Å². The summed E-state index contributed by atoms with van der Waals surface area (Å²) in [5, 5.41) is 5.78. The minimum atomic E-state index is -0.514. The molecule has 2 aromatic carbocycles. The first-order valence-electron chi connectivity index (χ1n) is 8.17. The van der Waals surface area contributed by atoms with Gasteiger partial charge in [-0.1, -0.05) is 55.8 Å². The van der Waals surface area contributed by atoms with Gasteiger partial charge in [0.15, 0.2) is 0 Å². The quantitative estimate of drug-likeness (QED) is 0.842. The molecule has 1 aliphatic heterocycles. The molecule has 1 aliphatic rings. The maximum atomic E-state index is 12.0. The third-order valence-corrected chi connectivity index (χ3v) is 4.15. The average Bonchev–Trinajstić information content (AvgIpc) is 3.01. The summed E-state index contributed by atoms with van der Waals surface area (Å²) in [4.78, 5) is 12.0. The summed E-state index contributed by atoms with van der Waals surface area (Å²) >= 11 is 0. The van der Waals surface area contributed by atoms with Gasteiger partial charge in [-0.2, -0.15) is 5.01 Å². The summed E-state index contributed by atoms with van der Waals surface area (Å²) in [5.41, 5.74) is 4.21. The van der Waals surface area contributed by atoms with Gasteiger partial charge in [0.1, 0.15) is 0 Å². The van der Waals surface area contributed by atoms with Crippen molar-refractivity contribution in [3.05, 3.63) is 70.8 Å². The molecule has 0 aromatic heterocycles. The molecule has 4 nitrogen and oxygen atoms in total. The van der Waals surface area contributed by atoms with Crippen LogP contribution in [0.4, 0.5) is 0 Å². The Bertz CT molecular complexity index is 761. The number of hydrazone groups is 1. The van der Waals surface area contributed by atoms with Crippen molar-refractivity contribution < 1.29 is 9.53 Å². The SMILES string of the molecule is CC(=O)N1N=C(c2ccc(C)cc2)O[C@H]1c1ccc(C(C)C)cc1. The van der Waals surface area contributed by atoms with Crippen molar-refractivity contribution in [2.75, 3.05) is 0 Å². The number of carbonyl (C=O) groups excluding carboxylic acids is 1. The first-order valence-corrected chi connectivity index (χ1v) is 8.17. The van der Waals surface area contributed by atoms with E-state index in [4.69, 9.17) is 4.74 Å². The Balaban J connectivity index is 1.89. The minimum absolute atomic E-state index is 0.143. The smallest absolute Gasteiger partial charge is 0.243 e. The Labute approximate surface area is 142 Å². The highest BCUT2D eigenvalue weighted by molar-refractivity contribution is 5.96. The second kappa shape index (κ2) is 6.48. The third kappa shape index (κ3) is 3.18. The minimum Gasteiger partial charge on any atom is -0.446 e. The Morgan fingerprint density at radius 3 is 2.25 bits per heavy atom. The monoisotopic (exact) mass is 322 g/mol. The van der Waals surface area contributed by atoms with E-state index >= 15 is 0 Å². The first-order chi connectivity index (χ1) is 11.5.